The first-order chi connectivity index (χ1) is 10.4. The van der Waals surface area contributed by atoms with E-state index in [1.807, 2.05) is 0 Å². The Balaban J connectivity index is 2.07. The summed E-state index contributed by atoms with van der Waals surface area (Å²) in [6, 6.07) is 5.73. The maximum Gasteiger partial charge on any atom is 0.269 e. The highest BCUT2D eigenvalue weighted by molar-refractivity contribution is 7.80. The van der Waals surface area contributed by atoms with Crippen molar-refractivity contribution in [1.29, 1.82) is 0 Å². The maximum atomic E-state index is 12.4. The molecule has 0 amide bonds. The molecule has 0 saturated heterocycles. The lowest BCUT2D eigenvalue weighted by atomic mass is 9.75. The Morgan fingerprint density at radius 3 is 2.45 bits per heavy atom. The molecule has 0 bridgehead atoms. The zero-order chi connectivity index (χ0) is 16.3. The summed E-state index contributed by atoms with van der Waals surface area (Å²) in [7, 11) is 0. The normalized spacial score (nSPS) is 26.8. The fourth-order valence-corrected chi connectivity index (χ4v) is 3.99. The van der Waals surface area contributed by atoms with Crippen molar-refractivity contribution in [2.45, 2.75) is 51.0 Å². The van der Waals surface area contributed by atoms with Crippen molar-refractivity contribution in [2.24, 2.45) is 17.8 Å². The smallest absolute Gasteiger partial charge is 0.269 e. The molecule has 0 radical (unpaired) electrons. The van der Waals surface area contributed by atoms with Gasteiger partial charge in [-0.3, -0.25) is 14.3 Å². The van der Waals surface area contributed by atoms with Gasteiger partial charge in [0.25, 0.3) is 5.69 Å². The fraction of sp³-hybridized carbons (Fsp3) is 0.625. The minimum atomic E-state index is -1.58. The Morgan fingerprint density at radius 1 is 1.27 bits per heavy atom. The summed E-state index contributed by atoms with van der Waals surface area (Å²) in [6.45, 7) is 6.54. The van der Waals surface area contributed by atoms with Gasteiger partial charge in [0, 0.05) is 12.1 Å². The molecule has 1 aliphatic rings. The Labute approximate surface area is 133 Å². The third-order valence-corrected chi connectivity index (χ3v) is 5.49. The van der Waals surface area contributed by atoms with Crippen molar-refractivity contribution in [1.82, 2.24) is 0 Å². The van der Waals surface area contributed by atoms with Crippen LogP contribution in [0.5, 0.6) is 0 Å². The van der Waals surface area contributed by atoms with Crippen LogP contribution in [0, 0.1) is 27.9 Å². The van der Waals surface area contributed by atoms with Gasteiger partial charge in [0.05, 0.1) is 15.9 Å². The zero-order valence-electron chi connectivity index (χ0n) is 13.2. The SMILES string of the molecule is CC(C)[C@@H]1CC[C@@H](C)C[C@H]1O[S@@](=O)c1ccc([N+](=O)[O-])cc1. The number of benzene rings is 1. The van der Waals surface area contributed by atoms with Crippen molar-refractivity contribution < 1.29 is 13.3 Å². The van der Waals surface area contributed by atoms with Crippen LogP contribution in [0.4, 0.5) is 5.69 Å². The highest BCUT2D eigenvalue weighted by atomic mass is 32.2. The molecule has 1 aromatic carbocycles. The van der Waals surface area contributed by atoms with Crippen LogP contribution in [0.2, 0.25) is 0 Å². The largest absolute Gasteiger partial charge is 0.283 e. The highest BCUT2D eigenvalue weighted by Gasteiger charge is 2.33. The van der Waals surface area contributed by atoms with Crippen LogP contribution in [0.25, 0.3) is 0 Å². The molecule has 0 N–H and O–H groups in total. The van der Waals surface area contributed by atoms with E-state index in [1.54, 1.807) is 0 Å². The number of hydrogen-bond acceptors (Lipinski definition) is 4. The molecule has 0 aliphatic heterocycles. The molecule has 0 heterocycles. The lowest BCUT2D eigenvalue weighted by Gasteiger charge is -2.36. The highest BCUT2D eigenvalue weighted by Crippen LogP contribution is 2.36. The number of nitro groups is 1. The molecule has 22 heavy (non-hydrogen) atoms. The monoisotopic (exact) mass is 325 g/mol. The standard InChI is InChI=1S/C16H23NO4S/c1-11(2)15-9-4-12(3)10-16(15)21-22(20)14-7-5-13(6-8-14)17(18)19/h5-8,11-12,15-16H,4,9-10H2,1-3H3/t12-,15+,16-,22-/m1/s1. The zero-order valence-corrected chi connectivity index (χ0v) is 14.0. The van der Waals surface area contributed by atoms with Gasteiger partial charge in [-0.15, -0.1) is 0 Å². The minimum Gasteiger partial charge on any atom is -0.283 e. The second kappa shape index (κ2) is 7.33. The second-order valence-electron chi connectivity index (χ2n) is 6.45. The van der Waals surface area contributed by atoms with Crippen LogP contribution < -0.4 is 0 Å². The molecule has 0 aromatic heterocycles. The number of hydrogen-bond donors (Lipinski definition) is 0. The lowest BCUT2D eigenvalue weighted by molar-refractivity contribution is -0.384. The van der Waals surface area contributed by atoms with Crippen LogP contribution in [-0.4, -0.2) is 15.2 Å². The van der Waals surface area contributed by atoms with Crippen LogP contribution in [0.15, 0.2) is 29.2 Å². The van der Waals surface area contributed by atoms with Crippen molar-refractivity contribution in [3.8, 4) is 0 Å². The van der Waals surface area contributed by atoms with Crippen LogP contribution in [-0.2, 0) is 15.3 Å². The van der Waals surface area contributed by atoms with E-state index in [-0.39, 0.29) is 11.8 Å². The van der Waals surface area contributed by atoms with E-state index in [4.69, 9.17) is 4.18 Å². The van der Waals surface area contributed by atoms with Gasteiger partial charge in [-0.1, -0.05) is 27.2 Å². The van der Waals surface area contributed by atoms with Crippen LogP contribution >= 0.6 is 0 Å². The molecule has 1 fully saturated rings. The first-order valence-corrected chi connectivity index (χ1v) is 8.79. The van der Waals surface area contributed by atoms with E-state index in [0.29, 0.717) is 22.6 Å². The van der Waals surface area contributed by atoms with E-state index < -0.39 is 16.0 Å². The summed E-state index contributed by atoms with van der Waals surface area (Å²) in [6.07, 6.45) is 3.19. The number of rotatable bonds is 5. The molecule has 4 atom stereocenters. The molecule has 1 aromatic rings. The van der Waals surface area contributed by atoms with Crippen LogP contribution in [0.1, 0.15) is 40.0 Å². The summed E-state index contributed by atoms with van der Waals surface area (Å²) >= 11 is -1.58. The molecule has 5 nitrogen and oxygen atoms in total. The average Bonchev–Trinajstić information content (AvgIpc) is 2.47. The van der Waals surface area contributed by atoms with Gasteiger partial charge in [-0.05, 0) is 42.7 Å². The van der Waals surface area contributed by atoms with E-state index >= 15 is 0 Å². The van der Waals surface area contributed by atoms with E-state index in [2.05, 4.69) is 20.8 Å². The van der Waals surface area contributed by atoms with Crippen molar-refractivity contribution in [3.63, 3.8) is 0 Å². The third-order valence-electron chi connectivity index (χ3n) is 4.41. The summed E-state index contributed by atoms with van der Waals surface area (Å²) in [5.74, 6) is 1.48. The Bertz CT molecular complexity index is 544. The molecule has 1 saturated carbocycles. The molecule has 1 aliphatic carbocycles. The van der Waals surface area contributed by atoms with Gasteiger partial charge in [0.2, 0.25) is 0 Å². The Hall–Kier alpha value is -1.27. The van der Waals surface area contributed by atoms with Gasteiger partial charge in [-0.2, -0.15) is 0 Å². The van der Waals surface area contributed by atoms with Gasteiger partial charge >= 0.3 is 0 Å². The predicted octanol–water partition coefficient (Wildman–Crippen LogP) is 4.09. The van der Waals surface area contributed by atoms with E-state index in [0.717, 1.165) is 12.8 Å². The summed E-state index contributed by atoms with van der Waals surface area (Å²) < 4.78 is 18.2. The quantitative estimate of drug-likeness (QED) is 0.604. The van der Waals surface area contributed by atoms with E-state index in [9.17, 15) is 14.3 Å². The fourth-order valence-electron chi connectivity index (χ4n) is 3.07. The first-order valence-electron chi connectivity index (χ1n) is 7.71. The molecular formula is C16H23NO4S. The summed E-state index contributed by atoms with van der Waals surface area (Å²) in [4.78, 5) is 10.7. The van der Waals surface area contributed by atoms with Gasteiger partial charge in [0.15, 0.2) is 11.1 Å². The van der Waals surface area contributed by atoms with Crippen molar-refractivity contribution in [2.75, 3.05) is 0 Å². The van der Waals surface area contributed by atoms with Gasteiger partial charge in [-0.25, -0.2) is 4.21 Å². The topological polar surface area (TPSA) is 69.4 Å². The summed E-state index contributed by atoms with van der Waals surface area (Å²) in [5, 5.41) is 10.7. The molecule has 122 valence electrons. The minimum absolute atomic E-state index is 0.00732. The molecule has 0 spiro atoms. The van der Waals surface area contributed by atoms with Crippen molar-refractivity contribution in [3.05, 3.63) is 34.4 Å². The predicted molar refractivity (Wildman–Crippen MR) is 85.7 cm³/mol. The lowest BCUT2D eigenvalue weighted by Crippen LogP contribution is -2.34. The number of nitrogens with zero attached hydrogens (tertiary/aromatic N) is 1. The maximum absolute atomic E-state index is 12.4. The van der Waals surface area contributed by atoms with E-state index in [1.165, 1.54) is 30.7 Å². The number of non-ortho nitro benzene ring substituents is 1. The molecule has 6 heteroatoms. The first kappa shape index (κ1) is 17.1. The molecule has 0 unspecified atom stereocenters. The summed E-state index contributed by atoms with van der Waals surface area (Å²) in [5.41, 5.74) is -0.00732. The molecular weight excluding hydrogens is 302 g/mol. The average molecular weight is 325 g/mol. The van der Waals surface area contributed by atoms with Gasteiger partial charge < -0.3 is 0 Å². The Morgan fingerprint density at radius 2 is 1.91 bits per heavy atom. The number of nitro benzene ring substituents is 1. The third kappa shape index (κ3) is 4.14. The Kier molecular flexibility index (Phi) is 5.69. The molecule has 2 rings (SSSR count). The van der Waals surface area contributed by atoms with Crippen molar-refractivity contribution >= 4 is 16.8 Å². The second-order valence-corrected chi connectivity index (χ2v) is 7.58. The van der Waals surface area contributed by atoms with Crippen LogP contribution in [0.3, 0.4) is 0 Å². The van der Waals surface area contributed by atoms with Gasteiger partial charge in [0.1, 0.15) is 0 Å².